The summed E-state index contributed by atoms with van der Waals surface area (Å²) in [6, 6.07) is 1.32. The molecule has 0 aromatic carbocycles. The van der Waals surface area contributed by atoms with Crippen molar-refractivity contribution in [1.29, 1.82) is 0 Å². The number of amides is 1. The lowest BCUT2D eigenvalue weighted by Gasteiger charge is -2.20. The summed E-state index contributed by atoms with van der Waals surface area (Å²) in [5.41, 5.74) is 0.578. The molecule has 1 heterocycles. The number of aryl methyl sites for hydroxylation is 1. The molecule has 1 aromatic heterocycles. The first-order valence-electron chi connectivity index (χ1n) is 6.17. The fourth-order valence-electron chi connectivity index (χ4n) is 1.67. The van der Waals surface area contributed by atoms with Crippen LogP contribution in [0.3, 0.4) is 0 Å². The van der Waals surface area contributed by atoms with E-state index in [0.717, 1.165) is 0 Å². The number of rotatable bonds is 6. The Balaban J connectivity index is 2.60. The van der Waals surface area contributed by atoms with Crippen LogP contribution in [-0.2, 0) is 11.3 Å². The fourth-order valence-corrected chi connectivity index (χ4v) is 1.67. The maximum atomic E-state index is 11.8. The number of aromatic carboxylic acids is 1. The smallest absolute Gasteiger partial charge is 0.372 e. The monoisotopic (exact) mass is 268 g/mol. The second-order valence-corrected chi connectivity index (χ2v) is 4.49. The zero-order valence-electron chi connectivity index (χ0n) is 11.7. The minimum atomic E-state index is -1.08. The highest BCUT2D eigenvalue weighted by molar-refractivity contribution is 5.86. The number of hydrogen-bond acceptors (Lipinski definition) is 4. The molecule has 0 saturated carbocycles. The van der Waals surface area contributed by atoms with Gasteiger partial charge in [-0.3, -0.25) is 10.1 Å². The molecule has 106 valence electrons. The van der Waals surface area contributed by atoms with Crippen LogP contribution in [0.25, 0.3) is 0 Å². The lowest BCUT2D eigenvalue weighted by atomic mass is 10.2. The summed E-state index contributed by atoms with van der Waals surface area (Å²) in [5, 5.41) is 11.9. The molecular formula is C13H20N2O4. The van der Waals surface area contributed by atoms with Crippen LogP contribution >= 0.6 is 0 Å². The first-order valence-corrected chi connectivity index (χ1v) is 6.17. The summed E-state index contributed by atoms with van der Waals surface area (Å²) >= 11 is 0. The lowest BCUT2D eigenvalue weighted by molar-refractivity contribution is -0.131. The summed E-state index contributed by atoms with van der Waals surface area (Å²) in [6.45, 7) is 6.31. The van der Waals surface area contributed by atoms with E-state index in [1.54, 1.807) is 31.9 Å². The maximum absolute atomic E-state index is 11.8. The Kier molecular flexibility index (Phi) is 5.11. The molecule has 0 radical (unpaired) electrons. The van der Waals surface area contributed by atoms with Gasteiger partial charge in [-0.15, -0.1) is 0 Å². The standard InChI is InChI=1S/C13H20N2O4/c1-5-15(4)12(16)9(3)14-7-10-6-8(2)11(19-10)13(17)18/h6,9,14H,5,7H2,1-4H3,(H,17,18). The van der Waals surface area contributed by atoms with Gasteiger partial charge in [0, 0.05) is 19.2 Å². The summed E-state index contributed by atoms with van der Waals surface area (Å²) in [4.78, 5) is 24.3. The second kappa shape index (κ2) is 6.38. The summed E-state index contributed by atoms with van der Waals surface area (Å²) in [6.07, 6.45) is 0. The summed E-state index contributed by atoms with van der Waals surface area (Å²) in [5.74, 6) is -0.641. The highest BCUT2D eigenvalue weighted by Gasteiger charge is 2.18. The van der Waals surface area contributed by atoms with E-state index in [4.69, 9.17) is 9.52 Å². The quantitative estimate of drug-likeness (QED) is 0.811. The van der Waals surface area contributed by atoms with Crippen LogP contribution in [0.4, 0.5) is 0 Å². The Morgan fingerprint density at radius 3 is 2.63 bits per heavy atom. The predicted octanol–water partition coefficient (Wildman–Crippen LogP) is 1.24. The lowest BCUT2D eigenvalue weighted by Crippen LogP contribution is -2.42. The number of likely N-dealkylation sites (N-methyl/N-ethyl adjacent to an activating group) is 1. The number of carbonyl (C=O) groups excluding carboxylic acids is 1. The van der Waals surface area contributed by atoms with Gasteiger partial charge in [-0.2, -0.15) is 0 Å². The molecule has 19 heavy (non-hydrogen) atoms. The number of carbonyl (C=O) groups is 2. The minimum Gasteiger partial charge on any atom is -0.475 e. The molecule has 1 unspecified atom stereocenters. The molecule has 0 fully saturated rings. The van der Waals surface area contributed by atoms with Crippen molar-refractivity contribution in [2.45, 2.75) is 33.4 Å². The molecule has 1 rings (SSSR count). The number of nitrogens with zero attached hydrogens (tertiary/aromatic N) is 1. The molecule has 1 atom stereocenters. The molecule has 2 N–H and O–H groups in total. The number of furan rings is 1. The Labute approximate surface area is 112 Å². The number of nitrogens with one attached hydrogen (secondary N) is 1. The molecule has 1 amide bonds. The van der Waals surface area contributed by atoms with Crippen molar-refractivity contribution < 1.29 is 19.1 Å². The van der Waals surface area contributed by atoms with Crippen molar-refractivity contribution in [3.05, 3.63) is 23.2 Å². The molecule has 0 aliphatic rings. The van der Waals surface area contributed by atoms with Crippen molar-refractivity contribution in [3.8, 4) is 0 Å². The fraction of sp³-hybridized carbons (Fsp3) is 0.538. The van der Waals surface area contributed by atoms with E-state index in [1.807, 2.05) is 6.92 Å². The summed E-state index contributed by atoms with van der Waals surface area (Å²) < 4.78 is 5.21. The zero-order chi connectivity index (χ0) is 14.6. The van der Waals surface area contributed by atoms with Crippen LogP contribution in [0.5, 0.6) is 0 Å². The van der Waals surface area contributed by atoms with E-state index >= 15 is 0 Å². The van der Waals surface area contributed by atoms with Crippen molar-refractivity contribution in [1.82, 2.24) is 10.2 Å². The van der Waals surface area contributed by atoms with Crippen molar-refractivity contribution >= 4 is 11.9 Å². The average Bonchev–Trinajstić information content (AvgIpc) is 2.75. The highest BCUT2D eigenvalue weighted by Crippen LogP contribution is 2.14. The molecule has 0 aliphatic heterocycles. The first kappa shape index (κ1) is 15.2. The number of carboxylic acids is 1. The molecule has 1 aromatic rings. The van der Waals surface area contributed by atoms with E-state index in [9.17, 15) is 9.59 Å². The third-order valence-corrected chi connectivity index (χ3v) is 2.97. The molecule has 0 aliphatic carbocycles. The van der Waals surface area contributed by atoms with Gasteiger partial charge >= 0.3 is 5.97 Å². The minimum absolute atomic E-state index is 0.00997. The molecule has 6 heteroatoms. The summed E-state index contributed by atoms with van der Waals surface area (Å²) in [7, 11) is 1.74. The Bertz CT molecular complexity index is 467. The van der Waals surface area contributed by atoms with Crippen molar-refractivity contribution in [2.75, 3.05) is 13.6 Å². The zero-order valence-corrected chi connectivity index (χ0v) is 11.7. The second-order valence-electron chi connectivity index (χ2n) is 4.49. The van der Waals surface area contributed by atoms with E-state index in [0.29, 0.717) is 24.4 Å². The largest absolute Gasteiger partial charge is 0.475 e. The SMILES string of the molecule is CCN(C)C(=O)C(C)NCc1cc(C)c(C(=O)O)o1. The van der Waals surface area contributed by atoms with Gasteiger partial charge in [0.25, 0.3) is 0 Å². The average molecular weight is 268 g/mol. The maximum Gasteiger partial charge on any atom is 0.372 e. The van der Waals surface area contributed by atoms with Gasteiger partial charge in [0.15, 0.2) is 0 Å². The van der Waals surface area contributed by atoms with Gasteiger partial charge in [-0.25, -0.2) is 4.79 Å². The van der Waals surface area contributed by atoms with Crippen molar-refractivity contribution in [3.63, 3.8) is 0 Å². The van der Waals surface area contributed by atoms with Crippen molar-refractivity contribution in [2.24, 2.45) is 0 Å². The van der Waals surface area contributed by atoms with Gasteiger partial charge in [0.2, 0.25) is 11.7 Å². The van der Waals surface area contributed by atoms with E-state index in [1.165, 1.54) is 0 Å². The predicted molar refractivity (Wildman–Crippen MR) is 70.0 cm³/mol. The van der Waals surface area contributed by atoms with Gasteiger partial charge in [-0.05, 0) is 26.8 Å². The number of carboxylic acid groups (broad SMARTS) is 1. The van der Waals surface area contributed by atoms with E-state index < -0.39 is 5.97 Å². The van der Waals surface area contributed by atoms with E-state index in [2.05, 4.69) is 5.32 Å². The topological polar surface area (TPSA) is 82.8 Å². The van der Waals surface area contributed by atoms with E-state index in [-0.39, 0.29) is 17.7 Å². The Morgan fingerprint density at radius 2 is 2.16 bits per heavy atom. The van der Waals surface area contributed by atoms with Crippen LogP contribution < -0.4 is 5.32 Å². The highest BCUT2D eigenvalue weighted by atomic mass is 16.4. The molecule has 6 nitrogen and oxygen atoms in total. The van der Waals surface area contributed by atoms with Crippen LogP contribution in [0.2, 0.25) is 0 Å². The molecular weight excluding hydrogens is 248 g/mol. The Hall–Kier alpha value is -1.82. The van der Waals surface area contributed by atoms with Crippen LogP contribution in [0, 0.1) is 6.92 Å². The molecule has 0 saturated heterocycles. The molecule has 0 spiro atoms. The first-order chi connectivity index (χ1) is 8.86. The normalized spacial score (nSPS) is 12.2. The van der Waals surface area contributed by atoms with Gasteiger partial charge in [0.1, 0.15) is 5.76 Å². The third-order valence-electron chi connectivity index (χ3n) is 2.97. The molecule has 0 bridgehead atoms. The van der Waals surface area contributed by atoms with Crippen LogP contribution in [-0.4, -0.2) is 41.5 Å². The van der Waals surface area contributed by atoms with Gasteiger partial charge in [-0.1, -0.05) is 0 Å². The van der Waals surface area contributed by atoms with Crippen LogP contribution in [0.1, 0.15) is 35.7 Å². The van der Waals surface area contributed by atoms with Crippen LogP contribution in [0.15, 0.2) is 10.5 Å². The van der Waals surface area contributed by atoms with Gasteiger partial charge < -0.3 is 14.4 Å². The third kappa shape index (κ3) is 3.82. The van der Waals surface area contributed by atoms with Gasteiger partial charge in [0.05, 0.1) is 12.6 Å². The number of hydrogen-bond donors (Lipinski definition) is 2. The Morgan fingerprint density at radius 1 is 1.53 bits per heavy atom.